The molecule has 16 heavy (non-hydrogen) atoms. The molecule has 1 aliphatic rings. The second-order valence-corrected chi connectivity index (χ2v) is 5.30. The fourth-order valence-corrected chi connectivity index (χ4v) is 3.29. The number of aryl methyl sites for hydroxylation is 1. The van der Waals surface area contributed by atoms with Crippen molar-refractivity contribution >= 4 is 22.6 Å². The Morgan fingerprint density at radius 3 is 2.50 bits per heavy atom. The zero-order valence-corrected chi connectivity index (χ0v) is 11.2. The van der Waals surface area contributed by atoms with Crippen molar-refractivity contribution < 1.29 is 4.42 Å². The second kappa shape index (κ2) is 4.24. The quantitative estimate of drug-likeness (QED) is 0.707. The van der Waals surface area contributed by atoms with Crippen LogP contribution in [0.4, 0.5) is 0 Å². The first-order chi connectivity index (χ1) is 7.86. The average molecular weight is 324 g/mol. The van der Waals surface area contributed by atoms with Gasteiger partial charge in [0.1, 0.15) is 11.5 Å². The molecule has 0 N–H and O–H groups in total. The molecule has 1 heterocycles. The van der Waals surface area contributed by atoms with E-state index in [2.05, 4.69) is 46.9 Å². The molecule has 3 rings (SSSR count). The van der Waals surface area contributed by atoms with E-state index in [1.165, 1.54) is 39.7 Å². The lowest BCUT2D eigenvalue weighted by molar-refractivity contribution is 0.487. The molecule has 0 spiro atoms. The van der Waals surface area contributed by atoms with Gasteiger partial charge in [0.05, 0.1) is 3.57 Å². The summed E-state index contributed by atoms with van der Waals surface area (Å²) in [5, 5.41) is 0. The van der Waals surface area contributed by atoms with Gasteiger partial charge in [-0.3, -0.25) is 0 Å². The number of hydrogen-bond acceptors (Lipinski definition) is 1. The van der Waals surface area contributed by atoms with E-state index in [1.807, 2.05) is 6.07 Å². The van der Waals surface area contributed by atoms with Gasteiger partial charge in [0.2, 0.25) is 0 Å². The molecule has 0 fully saturated rings. The Kier molecular flexibility index (Phi) is 2.75. The Morgan fingerprint density at radius 1 is 1.00 bits per heavy atom. The molecule has 0 atom stereocenters. The van der Waals surface area contributed by atoms with Crippen LogP contribution in [-0.2, 0) is 12.8 Å². The molecule has 1 aliphatic carbocycles. The summed E-state index contributed by atoms with van der Waals surface area (Å²) >= 11 is 2.43. The molecule has 0 radical (unpaired) electrons. The third-order valence-electron chi connectivity index (χ3n) is 3.14. The van der Waals surface area contributed by atoms with Crippen LogP contribution in [0.1, 0.15) is 24.2 Å². The molecule has 2 heteroatoms. The highest BCUT2D eigenvalue weighted by molar-refractivity contribution is 14.1. The Bertz CT molecular complexity index is 499. The summed E-state index contributed by atoms with van der Waals surface area (Å²) in [7, 11) is 0. The van der Waals surface area contributed by atoms with Crippen molar-refractivity contribution in [3.63, 3.8) is 0 Å². The first-order valence-corrected chi connectivity index (χ1v) is 6.79. The van der Waals surface area contributed by atoms with Crippen LogP contribution in [-0.4, -0.2) is 0 Å². The van der Waals surface area contributed by atoms with Crippen LogP contribution >= 0.6 is 22.6 Å². The van der Waals surface area contributed by atoms with E-state index in [-0.39, 0.29) is 0 Å². The molecule has 1 nitrogen and oxygen atoms in total. The molecule has 0 amide bonds. The molecule has 0 unspecified atom stereocenters. The Balaban J connectivity index is 2.12. The van der Waals surface area contributed by atoms with Gasteiger partial charge in [-0.25, -0.2) is 0 Å². The van der Waals surface area contributed by atoms with Gasteiger partial charge in [0.25, 0.3) is 0 Å². The minimum atomic E-state index is 1.06. The van der Waals surface area contributed by atoms with Crippen LogP contribution in [0, 0.1) is 3.57 Å². The van der Waals surface area contributed by atoms with Crippen molar-refractivity contribution in [1.82, 2.24) is 0 Å². The second-order valence-electron chi connectivity index (χ2n) is 4.22. The van der Waals surface area contributed by atoms with Crippen molar-refractivity contribution in [2.45, 2.75) is 25.7 Å². The largest absolute Gasteiger partial charge is 0.460 e. The van der Waals surface area contributed by atoms with E-state index in [0.29, 0.717) is 0 Å². The molecule has 82 valence electrons. The number of halogens is 1. The lowest BCUT2D eigenvalue weighted by Gasteiger charge is -2.08. The van der Waals surface area contributed by atoms with Crippen LogP contribution in [0.5, 0.6) is 0 Å². The lowest BCUT2D eigenvalue weighted by Crippen LogP contribution is -1.99. The lowest BCUT2D eigenvalue weighted by atomic mass is 9.98. The van der Waals surface area contributed by atoms with Crippen molar-refractivity contribution in [2.24, 2.45) is 0 Å². The summed E-state index contributed by atoms with van der Waals surface area (Å²) in [6.07, 6.45) is 4.86. The summed E-state index contributed by atoms with van der Waals surface area (Å²) in [4.78, 5) is 0. The molecule has 0 bridgehead atoms. The zero-order valence-electron chi connectivity index (χ0n) is 9.00. The normalized spacial score (nSPS) is 14.8. The van der Waals surface area contributed by atoms with E-state index in [1.54, 1.807) is 0 Å². The highest BCUT2D eigenvalue weighted by atomic mass is 127. The van der Waals surface area contributed by atoms with E-state index < -0.39 is 0 Å². The van der Waals surface area contributed by atoms with Gasteiger partial charge in [-0.15, -0.1) is 0 Å². The standard InChI is InChI=1S/C14H13IO/c15-13-11-8-4-5-9-12(11)16-14(13)10-6-2-1-3-7-10/h1-3,6-7H,4-5,8-9H2. The Labute approximate surface area is 109 Å². The molecule has 2 aromatic rings. The predicted octanol–water partition coefficient (Wildman–Crippen LogP) is 4.43. The van der Waals surface area contributed by atoms with Gasteiger partial charge < -0.3 is 4.42 Å². The van der Waals surface area contributed by atoms with Gasteiger partial charge in [0.15, 0.2) is 0 Å². The maximum absolute atomic E-state index is 6.02. The summed E-state index contributed by atoms with van der Waals surface area (Å²) < 4.78 is 7.33. The highest BCUT2D eigenvalue weighted by Crippen LogP contribution is 2.36. The third-order valence-corrected chi connectivity index (χ3v) is 4.28. The number of rotatable bonds is 1. The van der Waals surface area contributed by atoms with E-state index in [0.717, 1.165) is 12.2 Å². The van der Waals surface area contributed by atoms with E-state index in [4.69, 9.17) is 4.42 Å². The van der Waals surface area contributed by atoms with Crippen LogP contribution in [0.15, 0.2) is 34.7 Å². The molecular formula is C14H13IO. The van der Waals surface area contributed by atoms with E-state index in [9.17, 15) is 0 Å². The van der Waals surface area contributed by atoms with Gasteiger partial charge in [-0.05, 0) is 41.9 Å². The average Bonchev–Trinajstić information content (AvgIpc) is 2.69. The minimum Gasteiger partial charge on any atom is -0.460 e. The number of furan rings is 1. The number of fused-ring (bicyclic) bond motifs is 1. The summed E-state index contributed by atoms with van der Waals surface area (Å²) in [5.74, 6) is 2.28. The van der Waals surface area contributed by atoms with Gasteiger partial charge in [-0.2, -0.15) is 0 Å². The van der Waals surface area contributed by atoms with Crippen molar-refractivity contribution in [3.8, 4) is 11.3 Å². The Morgan fingerprint density at radius 2 is 1.75 bits per heavy atom. The number of benzene rings is 1. The number of hydrogen-bond donors (Lipinski definition) is 0. The smallest absolute Gasteiger partial charge is 0.147 e. The highest BCUT2D eigenvalue weighted by Gasteiger charge is 2.21. The van der Waals surface area contributed by atoms with Crippen LogP contribution in [0.2, 0.25) is 0 Å². The van der Waals surface area contributed by atoms with Crippen LogP contribution < -0.4 is 0 Å². The van der Waals surface area contributed by atoms with Gasteiger partial charge in [-0.1, -0.05) is 30.3 Å². The molecule has 0 aliphatic heterocycles. The summed E-state index contributed by atoms with van der Waals surface area (Å²) in [6, 6.07) is 10.4. The molecule has 0 saturated heterocycles. The monoisotopic (exact) mass is 324 g/mol. The third kappa shape index (κ3) is 1.69. The van der Waals surface area contributed by atoms with Gasteiger partial charge >= 0.3 is 0 Å². The fourth-order valence-electron chi connectivity index (χ4n) is 2.30. The molecule has 1 aromatic carbocycles. The summed E-state index contributed by atoms with van der Waals surface area (Å²) in [5.41, 5.74) is 2.65. The van der Waals surface area contributed by atoms with Crippen molar-refractivity contribution in [1.29, 1.82) is 0 Å². The topological polar surface area (TPSA) is 13.1 Å². The van der Waals surface area contributed by atoms with Crippen LogP contribution in [0.3, 0.4) is 0 Å². The first kappa shape index (κ1) is 10.4. The van der Waals surface area contributed by atoms with E-state index >= 15 is 0 Å². The molecular weight excluding hydrogens is 311 g/mol. The zero-order chi connectivity index (χ0) is 11.0. The van der Waals surface area contributed by atoms with Crippen LogP contribution in [0.25, 0.3) is 11.3 Å². The van der Waals surface area contributed by atoms with Crippen molar-refractivity contribution in [3.05, 3.63) is 45.2 Å². The van der Waals surface area contributed by atoms with Crippen molar-refractivity contribution in [2.75, 3.05) is 0 Å². The molecule has 0 saturated carbocycles. The fraction of sp³-hybridized carbons (Fsp3) is 0.286. The summed E-state index contributed by atoms with van der Waals surface area (Å²) in [6.45, 7) is 0. The van der Waals surface area contributed by atoms with Gasteiger partial charge in [0, 0.05) is 17.5 Å². The Hall–Kier alpha value is -0.770. The minimum absolute atomic E-state index is 1.06. The molecule has 1 aromatic heterocycles. The maximum Gasteiger partial charge on any atom is 0.147 e. The predicted molar refractivity (Wildman–Crippen MR) is 73.5 cm³/mol. The SMILES string of the molecule is Ic1c(-c2ccccc2)oc2c1CCCC2. The first-order valence-electron chi connectivity index (χ1n) is 5.72. The maximum atomic E-state index is 6.02.